The number of nitrogens with two attached hydrogens (primary N) is 2. The van der Waals surface area contributed by atoms with Crippen LogP contribution >= 0.6 is 0 Å². The van der Waals surface area contributed by atoms with Crippen LogP contribution in [0.4, 0.5) is 0 Å². The quantitative estimate of drug-likeness (QED) is 0.519. The van der Waals surface area contributed by atoms with E-state index in [9.17, 15) is 13.2 Å². The summed E-state index contributed by atoms with van der Waals surface area (Å²) in [7, 11) is -3.52. The topological polar surface area (TPSA) is 115 Å². The van der Waals surface area contributed by atoms with Gasteiger partial charge in [0.1, 0.15) is 0 Å². The summed E-state index contributed by atoms with van der Waals surface area (Å²) in [6.07, 6.45) is 0. The van der Waals surface area contributed by atoms with Gasteiger partial charge < -0.3 is 11.1 Å². The summed E-state index contributed by atoms with van der Waals surface area (Å²) in [5, 5.41) is 7.21. The van der Waals surface area contributed by atoms with Gasteiger partial charge in [-0.3, -0.25) is 4.79 Å². The van der Waals surface area contributed by atoms with E-state index < -0.39 is 15.4 Å². The molecule has 0 saturated heterocycles. The largest absolute Gasteiger partial charge is 0.355 e. The van der Waals surface area contributed by atoms with Gasteiger partial charge in [-0.15, -0.1) is 0 Å². The number of nitrogens with one attached hydrogen (secondary N) is 1. The lowest BCUT2D eigenvalue weighted by Gasteiger charge is -2.20. The molecule has 0 unspecified atom stereocenters. The minimum atomic E-state index is -3.52. The normalized spacial score (nSPS) is 12.6. The second kappa shape index (κ2) is 4.72. The van der Waals surface area contributed by atoms with Crippen LogP contribution in [-0.4, -0.2) is 33.2 Å². The monoisotopic (exact) mass is 223 g/mol. The fourth-order valence-corrected chi connectivity index (χ4v) is 1.03. The van der Waals surface area contributed by atoms with Gasteiger partial charge in [-0.25, -0.2) is 13.6 Å². The molecule has 14 heavy (non-hydrogen) atoms. The molecule has 7 heteroatoms. The standard InChI is InChI=1S/C7H17N3O3S/c1-7(2,5-8)6(11)10-3-4-14(9,12)13/h3-5,8H2,1-2H3,(H,10,11)(H2,9,12,13). The Bertz CT molecular complexity index is 297. The third kappa shape index (κ3) is 5.15. The lowest BCUT2D eigenvalue weighted by atomic mass is 9.93. The molecule has 0 saturated carbocycles. The van der Waals surface area contributed by atoms with E-state index in [0.717, 1.165) is 0 Å². The van der Waals surface area contributed by atoms with E-state index in [1.54, 1.807) is 13.8 Å². The summed E-state index contributed by atoms with van der Waals surface area (Å²) < 4.78 is 21.1. The van der Waals surface area contributed by atoms with Crippen molar-refractivity contribution in [3.8, 4) is 0 Å². The molecule has 0 aliphatic rings. The Morgan fingerprint density at radius 2 is 1.93 bits per heavy atom. The summed E-state index contributed by atoms with van der Waals surface area (Å²) in [4.78, 5) is 11.4. The molecule has 6 nitrogen and oxygen atoms in total. The molecule has 0 aromatic carbocycles. The second-order valence-electron chi connectivity index (χ2n) is 3.71. The van der Waals surface area contributed by atoms with Crippen molar-refractivity contribution in [2.24, 2.45) is 16.3 Å². The molecular formula is C7H17N3O3S. The first-order chi connectivity index (χ1) is 6.19. The Morgan fingerprint density at radius 1 is 1.43 bits per heavy atom. The molecule has 84 valence electrons. The van der Waals surface area contributed by atoms with Gasteiger partial charge in [0.25, 0.3) is 0 Å². The van der Waals surface area contributed by atoms with E-state index >= 15 is 0 Å². The molecule has 0 fully saturated rings. The van der Waals surface area contributed by atoms with Crippen molar-refractivity contribution < 1.29 is 13.2 Å². The zero-order chi connectivity index (χ0) is 11.4. The molecular weight excluding hydrogens is 206 g/mol. The Kier molecular flexibility index (Phi) is 4.50. The number of rotatable bonds is 5. The molecule has 0 rings (SSSR count). The van der Waals surface area contributed by atoms with Gasteiger partial charge >= 0.3 is 0 Å². The van der Waals surface area contributed by atoms with Crippen molar-refractivity contribution in [1.82, 2.24) is 5.32 Å². The first-order valence-corrected chi connectivity index (χ1v) is 5.89. The minimum Gasteiger partial charge on any atom is -0.355 e. The Balaban J connectivity index is 3.99. The zero-order valence-corrected chi connectivity index (χ0v) is 9.23. The molecule has 0 atom stereocenters. The zero-order valence-electron chi connectivity index (χ0n) is 8.41. The Morgan fingerprint density at radius 3 is 2.29 bits per heavy atom. The SMILES string of the molecule is CC(C)(CN)C(=O)NCCS(N)(=O)=O. The van der Waals surface area contributed by atoms with E-state index in [2.05, 4.69) is 5.32 Å². The highest BCUT2D eigenvalue weighted by Gasteiger charge is 2.25. The molecule has 0 spiro atoms. The maximum atomic E-state index is 11.4. The number of amides is 1. The predicted molar refractivity (Wildman–Crippen MR) is 53.8 cm³/mol. The van der Waals surface area contributed by atoms with Crippen LogP contribution < -0.4 is 16.2 Å². The van der Waals surface area contributed by atoms with Crippen LogP contribution in [0.2, 0.25) is 0 Å². The van der Waals surface area contributed by atoms with Crippen LogP contribution in [0, 0.1) is 5.41 Å². The average Bonchev–Trinajstić information content (AvgIpc) is 2.02. The van der Waals surface area contributed by atoms with Gasteiger partial charge in [-0.2, -0.15) is 0 Å². The predicted octanol–water partition coefficient (Wildman–Crippen LogP) is -1.62. The molecule has 0 aromatic heterocycles. The number of sulfonamides is 1. The summed E-state index contributed by atoms with van der Waals surface area (Å²) in [5.41, 5.74) is 4.68. The first-order valence-electron chi connectivity index (χ1n) is 4.18. The van der Waals surface area contributed by atoms with Crippen molar-refractivity contribution in [3.05, 3.63) is 0 Å². The Hall–Kier alpha value is -0.660. The highest BCUT2D eigenvalue weighted by molar-refractivity contribution is 7.89. The van der Waals surface area contributed by atoms with Crippen molar-refractivity contribution >= 4 is 15.9 Å². The smallest absolute Gasteiger partial charge is 0.226 e. The minimum absolute atomic E-state index is 0.0150. The second-order valence-corrected chi connectivity index (χ2v) is 5.44. The van der Waals surface area contributed by atoms with Gasteiger partial charge in [0.15, 0.2) is 0 Å². The van der Waals surface area contributed by atoms with Crippen LogP contribution in [0.25, 0.3) is 0 Å². The van der Waals surface area contributed by atoms with Gasteiger partial charge in [0.2, 0.25) is 15.9 Å². The van der Waals surface area contributed by atoms with Gasteiger partial charge in [0.05, 0.1) is 11.2 Å². The summed E-state index contributed by atoms with van der Waals surface area (Å²) in [5.74, 6) is -0.539. The number of carbonyl (C=O) groups excluding carboxylic acids is 1. The van der Waals surface area contributed by atoms with Crippen molar-refractivity contribution in [2.45, 2.75) is 13.8 Å². The third-order valence-electron chi connectivity index (χ3n) is 1.80. The third-order valence-corrected chi connectivity index (χ3v) is 2.57. The molecule has 0 radical (unpaired) electrons. The lowest BCUT2D eigenvalue weighted by molar-refractivity contribution is -0.128. The molecule has 0 aliphatic carbocycles. The average molecular weight is 223 g/mol. The van der Waals surface area contributed by atoms with E-state index in [-0.39, 0.29) is 24.7 Å². The fourth-order valence-electron chi connectivity index (χ4n) is 0.639. The van der Waals surface area contributed by atoms with Gasteiger partial charge in [0, 0.05) is 13.1 Å². The number of hydrogen-bond acceptors (Lipinski definition) is 4. The fraction of sp³-hybridized carbons (Fsp3) is 0.857. The van der Waals surface area contributed by atoms with E-state index in [0.29, 0.717) is 0 Å². The molecule has 0 bridgehead atoms. The lowest BCUT2D eigenvalue weighted by Crippen LogP contribution is -2.43. The number of primary sulfonamides is 1. The molecule has 0 aliphatic heterocycles. The summed E-state index contributed by atoms with van der Waals surface area (Å²) in [6.45, 7) is 3.58. The number of carbonyl (C=O) groups is 1. The van der Waals surface area contributed by atoms with Gasteiger partial charge in [-0.05, 0) is 13.8 Å². The van der Waals surface area contributed by atoms with E-state index in [1.807, 2.05) is 0 Å². The summed E-state index contributed by atoms with van der Waals surface area (Å²) >= 11 is 0. The van der Waals surface area contributed by atoms with Crippen LogP contribution in [0.15, 0.2) is 0 Å². The maximum absolute atomic E-state index is 11.4. The maximum Gasteiger partial charge on any atom is 0.226 e. The van der Waals surface area contributed by atoms with Crippen LogP contribution in [0.5, 0.6) is 0 Å². The molecule has 5 N–H and O–H groups in total. The highest BCUT2D eigenvalue weighted by atomic mass is 32.2. The molecule has 0 heterocycles. The molecule has 0 aromatic rings. The van der Waals surface area contributed by atoms with Crippen molar-refractivity contribution in [3.63, 3.8) is 0 Å². The highest BCUT2D eigenvalue weighted by Crippen LogP contribution is 2.11. The van der Waals surface area contributed by atoms with E-state index in [1.165, 1.54) is 0 Å². The Labute approximate surface area is 84.1 Å². The van der Waals surface area contributed by atoms with Crippen molar-refractivity contribution in [2.75, 3.05) is 18.8 Å². The summed E-state index contributed by atoms with van der Waals surface area (Å²) in [6, 6.07) is 0. The van der Waals surface area contributed by atoms with Crippen molar-refractivity contribution in [1.29, 1.82) is 0 Å². The van der Waals surface area contributed by atoms with Gasteiger partial charge in [-0.1, -0.05) is 0 Å². The van der Waals surface area contributed by atoms with Crippen LogP contribution in [-0.2, 0) is 14.8 Å². The molecule has 1 amide bonds. The number of hydrogen-bond donors (Lipinski definition) is 3. The van der Waals surface area contributed by atoms with Crippen LogP contribution in [0.1, 0.15) is 13.8 Å². The van der Waals surface area contributed by atoms with E-state index in [4.69, 9.17) is 10.9 Å². The van der Waals surface area contributed by atoms with Crippen LogP contribution in [0.3, 0.4) is 0 Å². The first kappa shape index (κ1) is 13.3.